The highest BCUT2D eigenvalue weighted by atomic mass is 35.5. The normalized spacial score (nSPS) is 34.1. The molecule has 29 heavy (non-hydrogen) atoms. The maximum absolute atomic E-state index is 13.7. The van der Waals surface area contributed by atoms with Gasteiger partial charge in [0.2, 0.25) is 0 Å². The zero-order chi connectivity index (χ0) is 20.4. The van der Waals surface area contributed by atoms with Crippen molar-refractivity contribution in [2.75, 3.05) is 7.05 Å². The van der Waals surface area contributed by atoms with Gasteiger partial charge in [-0.2, -0.15) is 0 Å². The van der Waals surface area contributed by atoms with Gasteiger partial charge in [-0.1, -0.05) is 11.6 Å². The molecule has 0 radical (unpaired) electrons. The van der Waals surface area contributed by atoms with Crippen molar-refractivity contribution < 1.29 is 4.79 Å². The molecule has 4 fully saturated rings. The highest BCUT2D eigenvalue weighted by molar-refractivity contribution is 6.31. The number of nitrogens with one attached hydrogen (secondary N) is 1. The fraction of sp³-hybridized carbons (Fsp3) is 0.680. The molecule has 4 heteroatoms. The number of benzene rings is 1. The minimum atomic E-state index is -0.183. The number of aliphatic imine (C=N–C) groups is 1. The van der Waals surface area contributed by atoms with E-state index in [4.69, 9.17) is 16.6 Å². The first kappa shape index (κ1) is 19.8. The van der Waals surface area contributed by atoms with Gasteiger partial charge in [-0.3, -0.25) is 9.79 Å². The van der Waals surface area contributed by atoms with Crippen LogP contribution >= 0.6 is 11.6 Å². The predicted octanol–water partition coefficient (Wildman–Crippen LogP) is 5.36. The number of carbonyl (C=O) groups excluding carboxylic acids is 1. The topological polar surface area (TPSA) is 41.5 Å². The Labute approximate surface area is 179 Å². The molecule has 0 aromatic heterocycles. The Bertz CT molecular complexity index is 850. The molecule has 1 aromatic rings. The Morgan fingerprint density at radius 1 is 1.14 bits per heavy atom. The molecule has 1 aliphatic heterocycles. The molecule has 0 spiro atoms. The van der Waals surface area contributed by atoms with E-state index in [-0.39, 0.29) is 11.0 Å². The van der Waals surface area contributed by atoms with Gasteiger partial charge in [0.1, 0.15) is 5.78 Å². The first-order valence-electron chi connectivity index (χ1n) is 11.4. The molecule has 4 bridgehead atoms. The summed E-state index contributed by atoms with van der Waals surface area (Å²) < 4.78 is 0. The average molecular weight is 413 g/mol. The number of fused-ring (bicyclic) bond motifs is 1. The van der Waals surface area contributed by atoms with Crippen molar-refractivity contribution >= 4 is 23.1 Å². The molecular formula is C25H33ClN2O. The van der Waals surface area contributed by atoms with Crippen molar-refractivity contribution in [3.05, 3.63) is 33.8 Å². The van der Waals surface area contributed by atoms with Gasteiger partial charge in [-0.15, -0.1) is 0 Å². The molecule has 0 amide bonds. The molecule has 4 saturated carbocycles. The summed E-state index contributed by atoms with van der Waals surface area (Å²) >= 11 is 6.55. The molecule has 156 valence electrons. The number of halogens is 1. The van der Waals surface area contributed by atoms with Crippen LogP contribution in [0.1, 0.15) is 75.5 Å². The number of ketones is 1. The quantitative estimate of drug-likeness (QED) is 0.707. The zero-order valence-corrected chi connectivity index (χ0v) is 18.7. The van der Waals surface area contributed by atoms with E-state index in [2.05, 4.69) is 31.3 Å². The van der Waals surface area contributed by atoms with Crippen LogP contribution in [0.25, 0.3) is 0 Å². The minimum Gasteiger partial charge on any atom is -0.316 e. The van der Waals surface area contributed by atoms with Crippen molar-refractivity contribution in [1.82, 2.24) is 5.32 Å². The van der Waals surface area contributed by atoms with Crippen LogP contribution in [0.3, 0.4) is 0 Å². The lowest BCUT2D eigenvalue weighted by atomic mass is 9.48. The van der Waals surface area contributed by atoms with Crippen LogP contribution in [0, 0.1) is 23.2 Å². The van der Waals surface area contributed by atoms with E-state index >= 15 is 0 Å². The van der Waals surface area contributed by atoms with E-state index in [1.165, 1.54) is 24.8 Å². The molecule has 0 atom stereocenters. The number of hydrogen-bond donors (Lipinski definition) is 1. The van der Waals surface area contributed by atoms with Crippen LogP contribution in [-0.4, -0.2) is 24.1 Å². The van der Waals surface area contributed by atoms with Gasteiger partial charge in [0.25, 0.3) is 0 Å². The summed E-state index contributed by atoms with van der Waals surface area (Å²) in [5.74, 6) is 2.85. The smallest absolute Gasteiger partial charge is 0.145 e. The second kappa shape index (κ2) is 6.92. The van der Waals surface area contributed by atoms with E-state index in [1.807, 2.05) is 7.05 Å². The second-order valence-corrected chi connectivity index (χ2v) is 11.4. The van der Waals surface area contributed by atoms with Crippen LogP contribution in [0.5, 0.6) is 0 Å². The summed E-state index contributed by atoms with van der Waals surface area (Å²) in [6.45, 7) is 5.06. The van der Waals surface area contributed by atoms with Crippen LogP contribution in [-0.2, 0) is 17.8 Å². The lowest BCUT2D eigenvalue weighted by molar-refractivity contribution is -0.142. The van der Waals surface area contributed by atoms with Crippen LogP contribution in [0.4, 0.5) is 0 Å². The monoisotopic (exact) mass is 412 g/mol. The molecular weight excluding hydrogens is 380 g/mol. The summed E-state index contributed by atoms with van der Waals surface area (Å²) in [5.41, 5.74) is 4.23. The van der Waals surface area contributed by atoms with Crippen molar-refractivity contribution in [3.63, 3.8) is 0 Å². The molecule has 4 aliphatic carbocycles. The number of Topliss-reactive ketones (excluding diaryl/α,β-unsaturated/α-hetero) is 1. The molecule has 3 nitrogen and oxygen atoms in total. The van der Waals surface area contributed by atoms with Crippen molar-refractivity contribution in [2.45, 2.75) is 77.3 Å². The Morgan fingerprint density at radius 2 is 1.76 bits per heavy atom. The molecule has 1 heterocycles. The van der Waals surface area contributed by atoms with E-state index < -0.39 is 0 Å². The number of hydrogen-bond acceptors (Lipinski definition) is 3. The Hall–Kier alpha value is -1.19. The van der Waals surface area contributed by atoms with Crippen LogP contribution in [0.15, 0.2) is 17.1 Å². The molecule has 1 N–H and O–H groups in total. The third kappa shape index (κ3) is 3.49. The Morgan fingerprint density at radius 3 is 2.34 bits per heavy atom. The van der Waals surface area contributed by atoms with Gasteiger partial charge in [-0.05, 0) is 112 Å². The third-order valence-corrected chi connectivity index (χ3v) is 8.32. The van der Waals surface area contributed by atoms with E-state index in [1.54, 1.807) is 0 Å². The minimum absolute atomic E-state index is 0.0563. The van der Waals surface area contributed by atoms with Crippen molar-refractivity contribution in [2.24, 2.45) is 28.2 Å². The van der Waals surface area contributed by atoms with E-state index in [9.17, 15) is 4.79 Å². The average Bonchev–Trinajstić information content (AvgIpc) is 2.61. The van der Waals surface area contributed by atoms with Crippen molar-refractivity contribution in [1.29, 1.82) is 0 Å². The maximum Gasteiger partial charge on any atom is 0.145 e. The molecule has 0 saturated heterocycles. The van der Waals surface area contributed by atoms with Gasteiger partial charge in [0.15, 0.2) is 0 Å². The standard InChI is InChI=1S/C25H33ClN2O/c1-24(2)13-18-8-21(26)19(14-27-3)7-20(18)22(28-24)9-23(29)25-10-15-4-16(11-25)6-17(5-15)12-25/h7-8,15-17,27H,4-6,9-14H2,1-3H3. The van der Waals surface area contributed by atoms with Gasteiger partial charge in [0.05, 0.1) is 11.3 Å². The third-order valence-electron chi connectivity index (χ3n) is 7.97. The SMILES string of the molecule is CNCc1cc2c(cc1Cl)CC(C)(C)N=C2CC(=O)C12CC3CC(CC(C3)C1)C2. The predicted molar refractivity (Wildman–Crippen MR) is 119 cm³/mol. The molecule has 6 rings (SSSR count). The summed E-state index contributed by atoms with van der Waals surface area (Å²) in [7, 11) is 1.93. The fourth-order valence-corrected chi connectivity index (χ4v) is 7.51. The summed E-state index contributed by atoms with van der Waals surface area (Å²) in [4.78, 5) is 18.8. The highest BCUT2D eigenvalue weighted by Crippen LogP contribution is 2.60. The number of rotatable bonds is 5. The fourth-order valence-electron chi connectivity index (χ4n) is 7.26. The summed E-state index contributed by atoms with van der Waals surface area (Å²) in [5, 5.41) is 4.01. The lowest BCUT2D eigenvalue weighted by Crippen LogP contribution is -2.50. The zero-order valence-electron chi connectivity index (χ0n) is 18.0. The maximum atomic E-state index is 13.7. The first-order valence-corrected chi connectivity index (χ1v) is 11.7. The number of nitrogens with zero attached hydrogens (tertiary/aromatic N) is 1. The molecule has 1 aromatic carbocycles. The van der Waals surface area contributed by atoms with Gasteiger partial charge >= 0.3 is 0 Å². The van der Waals surface area contributed by atoms with Gasteiger partial charge < -0.3 is 5.32 Å². The van der Waals surface area contributed by atoms with Gasteiger partial charge in [-0.25, -0.2) is 0 Å². The molecule has 0 unspecified atom stereocenters. The van der Waals surface area contributed by atoms with Crippen molar-refractivity contribution in [3.8, 4) is 0 Å². The van der Waals surface area contributed by atoms with Crippen LogP contribution < -0.4 is 5.32 Å². The Kier molecular flexibility index (Phi) is 4.71. The summed E-state index contributed by atoms with van der Waals surface area (Å²) in [6, 6.07) is 4.28. The second-order valence-electron chi connectivity index (χ2n) is 11.0. The van der Waals surface area contributed by atoms with E-state index in [0.29, 0.717) is 12.2 Å². The molecule has 5 aliphatic rings. The lowest BCUT2D eigenvalue weighted by Gasteiger charge is -2.56. The largest absolute Gasteiger partial charge is 0.316 e. The summed E-state index contributed by atoms with van der Waals surface area (Å²) in [6.07, 6.45) is 8.87. The highest BCUT2D eigenvalue weighted by Gasteiger charge is 2.54. The van der Waals surface area contributed by atoms with E-state index in [0.717, 1.165) is 71.8 Å². The van der Waals surface area contributed by atoms with Crippen LogP contribution in [0.2, 0.25) is 5.02 Å². The Balaban J connectivity index is 1.47. The number of carbonyl (C=O) groups is 1. The first-order chi connectivity index (χ1) is 13.8. The van der Waals surface area contributed by atoms with Gasteiger partial charge in [0, 0.05) is 23.4 Å².